The van der Waals surface area contributed by atoms with Crippen molar-refractivity contribution in [2.75, 3.05) is 6.54 Å². The van der Waals surface area contributed by atoms with E-state index in [-0.39, 0.29) is 13.0 Å². The molecule has 1 aliphatic heterocycles. The van der Waals surface area contributed by atoms with Crippen molar-refractivity contribution in [3.05, 3.63) is 88.4 Å². The van der Waals surface area contributed by atoms with E-state index in [4.69, 9.17) is 16.6 Å². The first-order valence-corrected chi connectivity index (χ1v) is 11.1. The van der Waals surface area contributed by atoms with E-state index in [1.807, 2.05) is 42.5 Å². The number of hydrogen-bond acceptors (Lipinski definition) is 3. The largest absolute Gasteiger partial charge is 0.389 e. The minimum atomic E-state index is -4.23. The van der Waals surface area contributed by atoms with Gasteiger partial charge in [-0.15, -0.1) is 0 Å². The summed E-state index contributed by atoms with van der Waals surface area (Å²) in [6.45, 7) is -0.0467. The molecule has 1 N–H and O–H groups in total. The summed E-state index contributed by atoms with van der Waals surface area (Å²) in [7, 11) is 0. The molecule has 3 aromatic carbocycles. The number of fused-ring (bicyclic) bond motifs is 2. The molecule has 8 heteroatoms. The highest BCUT2D eigenvalue weighted by Gasteiger charge is 2.26. The Kier molecular flexibility index (Phi) is 6.58. The van der Waals surface area contributed by atoms with Crippen molar-refractivity contribution in [2.24, 2.45) is 4.99 Å². The molecule has 0 bridgehead atoms. The average Bonchev–Trinajstić information content (AvgIpc) is 2.92. The molecule has 0 radical (unpaired) electrons. The van der Waals surface area contributed by atoms with Crippen LogP contribution in [0.1, 0.15) is 34.3 Å². The van der Waals surface area contributed by atoms with Crippen molar-refractivity contribution in [3.63, 3.8) is 0 Å². The molecule has 0 unspecified atom stereocenters. The molecular weight excluding hydrogens is 457 g/mol. The highest BCUT2D eigenvalue weighted by atomic mass is 35.5. The molecule has 4 rings (SSSR count). The monoisotopic (exact) mass is 474 g/mol. The van der Waals surface area contributed by atoms with Gasteiger partial charge in [0, 0.05) is 44.5 Å². The maximum atomic E-state index is 12.5. The third-order valence-electron chi connectivity index (χ3n) is 4.86. The van der Waals surface area contributed by atoms with E-state index in [1.165, 1.54) is 0 Å². The molecule has 0 aliphatic carbocycles. The molecule has 3 nitrogen and oxygen atoms in total. The number of alkyl halides is 3. The molecule has 0 fully saturated rings. The Morgan fingerprint density at radius 1 is 1.00 bits per heavy atom. The lowest BCUT2D eigenvalue weighted by Gasteiger charge is -2.09. The van der Waals surface area contributed by atoms with Gasteiger partial charge in [0.15, 0.2) is 0 Å². The van der Waals surface area contributed by atoms with Crippen molar-refractivity contribution < 1.29 is 18.0 Å². The van der Waals surface area contributed by atoms with Gasteiger partial charge in [-0.3, -0.25) is 4.79 Å². The quantitative estimate of drug-likeness (QED) is 0.315. The summed E-state index contributed by atoms with van der Waals surface area (Å²) in [6.07, 6.45) is -5.32. The van der Waals surface area contributed by atoms with Crippen LogP contribution >= 0.6 is 23.4 Å². The van der Waals surface area contributed by atoms with Crippen molar-refractivity contribution in [1.82, 2.24) is 5.32 Å². The fourth-order valence-electron chi connectivity index (χ4n) is 3.30. The Morgan fingerprint density at radius 2 is 1.75 bits per heavy atom. The second-order valence-electron chi connectivity index (χ2n) is 7.22. The van der Waals surface area contributed by atoms with Crippen molar-refractivity contribution in [2.45, 2.75) is 28.8 Å². The van der Waals surface area contributed by atoms with Gasteiger partial charge in [0.1, 0.15) is 0 Å². The molecule has 0 spiro atoms. The number of carbonyl (C=O) groups is 1. The van der Waals surface area contributed by atoms with Crippen LogP contribution < -0.4 is 5.32 Å². The van der Waals surface area contributed by atoms with Crippen LogP contribution in [0.3, 0.4) is 0 Å². The third-order valence-corrected chi connectivity index (χ3v) is 6.25. The summed E-state index contributed by atoms with van der Waals surface area (Å²) in [5.74, 6) is -0.426. The zero-order valence-corrected chi connectivity index (χ0v) is 18.3. The molecular formula is C24H18ClF3N2OS. The van der Waals surface area contributed by atoms with E-state index in [0.29, 0.717) is 16.3 Å². The van der Waals surface area contributed by atoms with Crippen LogP contribution in [-0.2, 0) is 0 Å². The molecule has 1 aliphatic rings. The highest BCUT2D eigenvalue weighted by molar-refractivity contribution is 7.99. The smallest absolute Gasteiger partial charge is 0.352 e. The number of aliphatic imine (C=N–C) groups is 1. The molecule has 3 aromatic rings. The summed E-state index contributed by atoms with van der Waals surface area (Å²) in [4.78, 5) is 19.3. The fourth-order valence-corrected chi connectivity index (χ4v) is 4.43. The number of halogens is 4. The van der Waals surface area contributed by atoms with Crippen LogP contribution in [0.2, 0.25) is 5.02 Å². The van der Waals surface area contributed by atoms with Gasteiger partial charge < -0.3 is 5.32 Å². The van der Waals surface area contributed by atoms with E-state index < -0.39 is 18.5 Å². The van der Waals surface area contributed by atoms with Gasteiger partial charge in [-0.1, -0.05) is 53.7 Å². The molecule has 0 saturated carbocycles. The Balaban J connectivity index is 1.64. The maximum absolute atomic E-state index is 12.5. The summed E-state index contributed by atoms with van der Waals surface area (Å²) < 4.78 is 36.9. The number of hydrogen-bond donors (Lipinski definition) is 1. The average molecular weight is 475 g/mol. The van der Waals surface area contributed by atoms with Crippen molar-refractivity contribution >= 4 is 40.7 Å². The summed E-state index contributed by atoms with van der Waals surface area (Å²) in [5.41, 5.74) is 3.58. The fraction of sp³-hybridized carbons (Fsp3) is 0.167. The lowest BCUT2D eigenvalue weighted by atomic mass is 10.0. The minimum absolute atomic E-state index is 0.0467. The van der Waals surface area contributed by atoms with E-state index >= 15 is 0 Å². The maximum Gasteiger partial charge on any atom is 0.389 e. The van der Waals surface area contributed by atoms with Gasteiger partial charge in [0.2, 0.25) is 0 Å². The topological polar surface area (TPSA) is 41.5 Å². The second kappa shape index (κ2) is 9.38. The Labute approximate surface area is 192 Å². The van der Waals surface area contributed by atoms with Gasteiger partial charge in [-0.2, -0.15) is 13.2 Å². The van der Waals surface area contributed by atoms with Gasteiger partial charge >= 0.3 is 6.18 Å². The molecule has 0 saturated heterocycles. The number of benzene rings is 3. The molecule has 164 valence electrons. The third kappa shape index (κ3) is 5.34. The number of nitrogens with one attached hydrogen (secondary N) is 1. The Hall–Kier alpha value is -2.77. The molecule has 0 aromatic heterocycles. The van der Waals surface area contributed by atoms with Crippen LogP contribution in [0.5, 0.6) is 0 Å². The SMILES string of the molecule is O=C(NCCCC(F)(F)F)c1ccc2c(c1)N=C(c1ccc(Cl)cc1)c1ccccc1S2. The lowest BCUT2D eigenvalue weighted by molar-refractivity contribution is -0.135. The van der Waals surface area contributed by atoms with E-state index in [9.17, 15) is 18.0 Å². The molecule has 32 heavy (non-hydrogen) atoms. The number of carbonyl (C=O) groups excluding carboxylic acids is 1. The Morgan fingerprint density at radius 3 is 2.50 bits per heavy atom. The zero-order chi connectivity index (χ0) is 22.7. The lowest BCUT2D eigenvalue weighted by Crippen LogP contribution is -2.25. The first kappa shape index (κ1) is 22.4. The van der Waals surface area contributed by atoms with Crippen LogP contribution in [-0.4, -0.2) is 24.3 Å². The number of amides is 1. The molecule has 1 amide bonds. The first-order chi connectivity index (χ1) is 15.3. The minimum Gasteiger partial charge on any atom is -0.352 e. The van der Waals surface area contributed by atoms with Crippen LogP contribution in [0.15, 0.2) is 81.5 Å². The van der Waals surface area contributed by atoms with Gasteiger partial charge in [-0.25, -0.2) is 4.99 Å². The Bertz CT molecular complexity index is 1180. The first-order valence-electron chi connectivity index (χ1n) is 9.91. The standard InChI is InChI=1S/C24H18ClF3N2OS/c25-17-9-6-15(7-10-17)22-18-4-1-2-5-20(18)32-21-11-8-16(14-19(21)30-22)23(31)29-13-3-12-24(26,27)28/h1-2,4-11,14H,3,12-13H2,(H,29,31). The number of nitrogens with zero attached hydrogens (tertiary/aromatic N) is 1. The number of rotatable bonds is 5. The summed E-state index contributed by atoms with van der Waals surface area (Å²) in [5, 5.41) is 3.17. The summed E-state index contributed by atoms with van der Waals surface area (Å²) >= 11 is 7.60. The molecule has 1 heterocycles. The second-order valence-corrected chi connectivity index (χ2v) is 8.74. The predicted molar refractivity (Wildman–Crippen MR) is 121 cm³/mol. The normalized spacial score (nSPS) is 12.9. The summed E-state index contributed by atoms with van der Waals surface area (Å²) in [6, 6.07) is 20.4. The molecule has 0 atom stereocenters. The zero-order valence-electron chi connectivity index (χ0n) is 16.7. The van der Waals surface area contributed by atoms with Gasteiger partial charge in [0.25, 0.3) is 5.91 Å². The van der Waals surface area contributed by atoms with Crippen LogP contribution in [0.4, 0.5) is 18.9 Å². The van der Waals surface area contributed by atoms with E-state index in [1.54, 1.807) is 36.0 Å². The predicted octanol–water partition coefficient (Wildman–Crippen LogP) is 7.05. The van der Waals surface area contributed by atoms with E-state index in [0.717, 1.165) is 26.6 Å². The van der Waals surface area contributed by atoms with Gasteiger partial charge in [-0.05, 0) is 42.8 Å². The van der Waals surface area contributed by atoms with Crippen LogP contribution in [0.25, 0.3) is 0 Å². The van der Waals surface area contributed by atoms with E-state index in [2.05, 4.69) is 5.32 Å². The van der Waals surface area contributed by atoms with Gasteiger partial charge in [0.05, 0.1) is 11.4 Å². The van der Waals surface area contributed by atoms with Crippen molar-refractivity contribution in [3.8, 4) is 0 Å². The van der Waals surface area contributed by atoms with Crippen molar-refractivity contribution in [1.29, 1.82) is 0 Å². The highest BCUT2D eigenvalue weighted by Crippen LogP contribution is 2.41. The van der Waals surface area contributed by atoms with Crippen LogP contribution in [0, 0.1) is 0 Å².